The smallest absolute Gasteiger partial charge is 0.126 e. The van der Waals surface area contributed by atoms with Gasteiger partial charge in [-0.2, -0.15) is 0 Å². The second-order valence-electron chi connectivity index (χ2n) is 5.33. The first kappa shape index (κ1) is 13.5. The van der Waals surface area contributed by atoms with Gasteiger partial charge < -0.3 is 10.4 Å². The summed E-state index contributed by atoms with van der Waals surface area (Å²) in [6.45, 7) is 3.25. The van der Waals surface area contributed by atoms with Gasteiger partial charge in [-0.3, -0.25) is 0 Å². The van der Waals surface area contributed by atoms with Gasteiger partial charge in [0.2, 0.25) is 0 Å². The molecule has 1 aliphatic carbocycles. The molecule has 0 bridgehead atoms. The third kappa shape index (κ3) is 3.53. The Labute approximate surface area is 108 Å². The van der Waals surface area contributed by atoms with Gasteiger partial charge >= 0.3 is 0 Å². The molecule has 1 aliphatic rings. The summed E-state index contributed by atoms with van der Waals surface area (Å²) in [6, 6.07) is 5.34. The number of aliphatic hydroxyl groups excluding tert-OH is 1. The van der Waals surface area contributed by atoms with Crippen molar-refractivity contribution in [1.29, 1.82) is 0 Å². The number of nitrogens with one attached hydrogen (secondary N) is 1. The largest absolute Gasteiger partial charge is 0.393 e. The van der Waals surface area contributed by atoms with Crippen molar-refractivity contribution in [2.75, 3.05) is 6.54 Å². The van der Waals surface area contributed by atoms with E-state index in [9.17, 15) is 9.50 Å². The van der Waals surface area contributed by atoms with Crippen LogP contribution in [0.15, 0.2) is 18.2 Å². The Kier molecular flexibility index (Phi) is 4.72. The number of aliphatic hydroxyl groups is 1. The van der Waals surface area contributed by atoms with Crippen LogP contribution in [-0.4, -0.2) is 17.8 Å². The minimum Gasteiger partial charge on any atom is -0.393 e. The van der Waals surface area contributed by atoms with Crippen molar-refractivity contribution < 1.29 is 9.50 Å². The second kappa shape index (κ2) is 6.30. The van der Waals surface area contributed by atoms with E-state index in [0.29, 0.717) is 18.0 Å². The normalized spacial score (nSPS) is 24.2. The van der Waals surface area contributed by atoms with Crippen LogP contribution in [0.5, 0.6) is 0 Å². The molecule has 0 spiro atoms. The van der Waals surface area contributed by atoms with Gasteiger partial charge in [0.1, 0.15) is 5.82 Å². The molecule has 2 rings (SSSR count). The quantitative estimate of drug-likeness (QED) is 0.862. The maximum absolute atomic E-state index is 13.4. The van der Waals surface area contributed by atoms with Crippen LogP contribution in [0.3, 0.4) is 0 Å². The molecular weight excluding hydrogens is 229 g/mol. The first-order valence-corrected chi connectivity index (χ1v) is 6.80. The third-order valence-electron chi connectivity index (χ3n) is 3.84. The van der Waals surface area contributed by atoms with Gasteiger partial charge in [-0.1, -0.05) is 25.0 Å². The molecule has 2 N–H and O–H groups in total. The van der Waals surface area contributed by atoms with Gasteiger partial charge in [0, 0.05) is 13.1 Å². The van der Waals surface area contributed by atoms with E-state index in [1.165, 1.54) is 6.42 Å². The van der Waals surface area contributed by atoms with Crippen molar-refractivity contribution in [2.24, 2.45) is 5.92 Å². The Morgan fingerprint density at radius 2 is 2.11 bits per heavy atom. The lowest BCUT2D eigenvalue weighted by Gasteiger charge is -2.27. The highest BCUT2D eigenvalue weighted by atomic mass is 19.1. The predicted molar refractivity (Wildman–Crippen MR) is 70.8 cm³/mol. The third-order valence-corrected chi connectivity index (χ3v) is 3.84. The van der Waals surface area contributed by atoms with Gasteiger partial charge in [0.05, 0.1) is 6.10 Å². The van der Waals surface area contributed by atoms with Crippen LogP contribution in [0.25, 0.3) is 0 Å². The van der Waals surface area contributed by atoms with Crippen LogP contribution in [0.1, 0.15) is 36.8 Å². The molecule has 2 unspecified atom stereocenters. The lowest BCUT2D eigenvalue weighted by molar-refractivity contribution is 0.0695. The number of hydrogen-bond donors (Lipinski definition) is 2. The van der Waals surface area contributed by atoms with E-state index in [1.54, 1.807) is 13.0 Å². The number of benzene rings is 1. The maximum atomic E-state index is 13.4. The highest BCUT2D eigenvalue weighted by Gasteiger charge is 2.22. The standard InChI is InChI=1S/C15H22FNO/c1-11-6-7-12(8-14(11)16)9-17-10-13-4-2-3-5-15(13)18/h6-8,13,15,17-18H,2-5,9-10H2,1H3. The fraction of sp³-hybridized carbons (Fsp3) is 0.600. The van der Waals surface area contributed by atoms with Crippen molar-refractivity contribution in [3.8, 4) is 0 Å². The van der Waals surface area contributed by atoms with Crippen LogP contribution in [0.2, 0.25) is 0 Å². The number of halogens is 1. The zero-order valence-electron chi connectivity index (χ0n) is 11.0. The van der Waals surface area contributed by atoms with E-state index in [4.69, 9.17) is 0 Å². The molecule has 0 saturated heterocycles. The summed E-state index contributed by atoms with van der Waals surface area (Å²) in [4.78, 5) is 0. The Morgan fingerprint density at radius 3 is 2.83 bits per heavy atom. The molecule has 1 aromatic carbocycles. The lowest BCUT2D eigenvalue weighted by Crippen LogP contribution is -2.33. The van der Waals surface area contributed by atoms with Crippen molar-refractivity contribution in [3.05, 3.63) is 35.1 Å². The highest BCUT2D eigenvalue weighted by molar-refractivity contribution is 5.23. The summed E-state index contributed by atoms with van der Waals surface area (Å²) < 4.78 is 13.4. The number of rotatable bonds is 4. The first-order chi connectivity index (χ1) is 8.66. The monoisotopic (exact) mass is 251 g/mol. The molecule has 2 nitrogen and oxygen atoms in total. The Morgan fingerprint density at radius 1 is 1.33 bits per heavy atom. The Balaban J connectivity index is 1.79. The highest BCUT2D eigenvalue weighted by Crippen LogP contribution is 2.23. The molecule has 18 heavy (non-hydrogen) atoms. The van der Waals surface area contributed by atoms with Crippen LogP contribution < -0.4 is 5.32 Å². The van der Waals surface area contributed by atoms with Crippen molar-refractivity contribution in [1.82, 2.24) is 5.32 Å². The maximum Gasteiger partial charge on any atom is 0.126 e. The molecule has 3 heteroatoms. The van der Waals surface area contributed by atoms with E-state index in [0.717, 1.165) is 31.4 Å². The topological polar surface area (TPSA) is 32.3 Å². The van der Waals surface area contributed by atoms with Crippen molar-refractivity contribution in [3.63, 3.8) is 0 Å². The molecular formula is C15H22FNO. The molecule has 0 radical (unpaired) electrons. The molecule has 1 saturated carbocycles. The zero-order chi connectivity index (χ0) is 13.0. The molecule has 1 fully saturated rings. The van der Waals surface area contributed by atoms with E-state index in [-0.39, 0.29) is 11.9 Å². The molecule has 2 atom stereocenters. The van der Waals surface area contributed by atoms with Crippen molar-refractivity contribution in [2.45, 2.75) is 45.3 Å². The van der Waals surface area contributed by atoms with Crippen LogP contribution in [0.4, 0.5) is 4.39 Å². The van der Waals surface area contributed by atoms with E-state index >= 15 is 0 Å². The Hall–Kier alpha value is -0.930. The molecule has 1 aromatic rings. The fourth-order valence-corrected chi connectivity index (χ4v) is 2.57. The van der Waals surface area contributed by atoms with E-state index < -0.39 is 0 Å². The van der Waals surface area contributed by atoms with Gasteiger partial charge in [-0.25, -0.2) is 4.39 Å². The van der Waals surface area contributed by atoms with Crippen LogP contribution in [-0.2, 0) is 6.54 Å². The summed E-state index contributed by atoms with van der Waals surface area (Å²) in [7, 11) is 0. The summed E-state index contributed by atoms with van der Waals surface area (Å²) in [5.41, 5.74) is 1.64. The van der Waals surface area contributed by atoms with Gasteiger partial charge in [0.15, 0.2) is 0 Å². The predicted octanol–water partition coefficient (Wildman–Crippen LogP) is 2.77. The molecule has 0 aliphatic heterocycles. The number of hydrogen-bond acceptors (Lipinski definition) is 2. The molecule has 100 valence electrons. The van der Waals surface area contributed by atoms with E-state index in [2.05, 4.69) is 5.32 Å². The van der Waals surface area contributed by atoms with Crippen LogP contribution >= 0.6 is 0 Å². The Bertz CT molecular complexity index is 394. The van der Waals surface area contributed by atoms with Gasteiger partial charge in [-0.05, 0) is 42.9 Å². The van der Waals surface area contributed by atoms with Gasteiger partial charge in [0.25, 0.3) is 0 Å². The lowest BCUT2D eigenvalue weighted by atomic mass is 9.86. The summed E-state index contributed by atoms with van der Waals surface area (Å²) in [6.07, 6.45) is 4.20. The zero-order valence-corrected chi connectivity index (χ0v) is 11.0. The summed E-state index contributed by atoms with van der Waals surface area (Å²) in [5.74, 6) is 0.209. The molecule has 0 amide bonds. The van der Waals surface area contributed by atoms with Crippen molar-refractivity contribution >= 4 is 0 Å². The van der Waals surface area contributed by atoms with E-state index in [1.807, 2.05) is 12.1 Å². The van der Waals surface area contributed by atoms with Crippen LogP contribution in [0, 0.1) is 18.7 Å². The summed E-state index contributed by atoms with van der Waals surface area (Å²) >= 11 is 0. The first-order valence-electron chi connectivity index (χ1n) is 6.80. The second-order valence-corrected chi connectivity index (χ2v) is 5.33. The summed E-state index contributed by atoms with van der Waals surface area (Å²) in [5, 5.41) is 13.2. The minimum atomic E-state index is -0.166. The SMILES string of the molecule is Cc1ccc(CNCC2CCCCC2O)cc1F. The van der Waals surface area contributed by atoms with Gasteiger partial charge in [-0.15, -0.1) is 0 Å². The molecule has 0 aromatic heterocycles. The minimum absolute atomic E-state index is 0.146. The molecule has 0 heterocycles. The number of aryl methyl sites for hydroxylation is 1. The average molecular weight is 251 g/mol. The average Bonchev–Trinajstić information content (AvgIpc) is 2.36. The fourth-order valence-electron chi connectivity index (χ4n) is 2.57.